The van der Waals surface area contributed by atoms with Crippen molar-refractivity contribution in [1.82, 2.24) is 0 Å². The first-order chi connectivity index (χ1) is 9.88. The zero-order chi connectivity index (χ0) is 15.6. The summed E-state index contributed by atoms with van der Waals surface area (Å²) in [7, 11) is 0. The average Bonchev–Trinajstić information content (AvgIpc) is 2.37. The molecular weight excluding hydrogens is 407 g/mol. The lowest BCUT2D eigenvalue weighted by molar-refractivity contribution is -0.385. The molecule has 2 aromatic rings. The molecular formula is C14H11Br2FN2O2. The average molecular weight is 418 g/mol. The summed E-state index contributed by atoms with van der Waals surface area (Å²) in [5, 5.41) is 14.0. The van der Waals surface area contributed by atoms with Crippen LogP contribution in [0.5, 0.6) is 0 Å². The number of hydrogen-bond donors (Lipinski definition) is 1. The van der Waals surface area contributed by atoms with E-state index in [1.807, 2.05) is 19.1 Å². The summed E-state index contributed by atoms with van der Waals surface area (Å²) in [4.78, 5) is 10.4. The second-order valence-corrected chi connectivity index (χ2v) is 6.20. The van der Waals surface area contributed by atoms with Crippen molar-refractivity contribution in [3.05, 3.63) is 66.3 Å². The Balaban J connectivity index is 2.28. The number of rotatable bonds is 4. The van der Waals surface area contributed by atoms with Crippen LogP contribution >= 0.6 is 31.9 Å². The summed E-state index contributed by atoms with van der Waals surface area (Å²) in [6.07, 6.45) is 0. The first kappa shape index (κ1) is 15.9. The molecule has 7 heteroatoms. The van der Waals surface area contributed by atoms with E-state index >= 15 is 0 Å². The van der Waals surface area contributed by atoms with E-state index in [0.717, 1.165) is 26.3 Å². The first-order valence-corrected chi connectivity index (χ1v) is 7.59. The van der Waals surface area contributed by atoms with E-state index in [0.29, 0.717) is 5.56 Å². The van der Waals surface area contributed by atoms with Gasteiger partial charge >= 0.3 is 0 Å². The summed E-state index contributed by atoms with van der Waals surface area (Å²) >= 11 is 6.87. The normalized spacial score (nSPS) is 10.5. The monoisotopic (exact) mass is 416 g/mol. The molecule has 0 aliphatic rings. The third-order valence-electron chi connectivity index (χ3n) is 2.88. The minimum absolute atomic E-state index is 0.108. The second-order valence-electron chi connectivity index (χ2n) is 4.49. The summed E-state index contributed by atoms with van der Waals surface area (Å²) in [5.74, 6) is -0.501. The molecule has 0 amide bonds. The fourth-order valence-corrected chi connectivity index (χ4v) is 3.62. The van der Waals surface area contributed by atoms with Gasteiger partial charge in [-0.2, -0.15) is 0 Å². The lowest BCUT2D eigenvalue weighted by Gasteiger charge is -2.12. The van der Waals surface area contributed by atoms with Crippen molar-refractivity contribution in [1.29, 1.82) is 0 Å². The van der Waals surface area contributed by atoms with Crippen molar-refractivity contribution in [3.63, 3.8) is 0 Å². The lowest BCUT2D eigenvalue weighted by Crippen LogP contribution is -2.05. The van der Waals surface area contributed by atoms with Crippen LogP contribution < -0.4 is 5.32 Å². The topological polar surface area (TPSA) is 55.2 Å². The molecule has 0 saturated carbocycles. The van der Waals surface area contributed by atoms with Crippen LogP contribution in [-0.2, 0) is 6.54 Å². The number of nitro benzene ring substituents is 1. The van der Waals surface area contributed by atoms with Gasteiger partial charge in [0, 0.05) is 21.6 Å². The Kier molecular flexibility index (Phi) is 4.95. The van der Waals surface area contributed by atoms with Gasteiger partial charge in [-0.1, -0.05) is 0 Å². The maximum atomic E-state index is 13.3. The zero-order valence-corrected chi connectivity index (χ0v) is 14.2. The molecule has 0 aromatic heterocycles. The molecule has 0 heterocycles. The molecule has 0 fully saturated rings. The number of benzene rings is 2. The number of halogens is 3. The number of hydrogen-bond acceptors (Lipinski definition) is 3. The molecule has 0 aliphatic heterocycles. The molecule has 2 aromatic carbocycles. The van der Waals surface area contributed by atoms with Crippen molar-refractivity contribution in [2.45, 2.75) is 13.5 Å². The van der Waals surface area contributed by atoms with Crippen LogP contribution in [0.1, 0.15) is 11.1 Å². The highest BCUT2D eigenvalue weighted by atomic mass is 79.9. The Morgan fingerprint density at radius 2 is 1.86 bits per heavy atom. The Labute approximate surface area is 137 Å². The summed E-state index contributed by atoms with van der Waals surface area (Å²) in [6, 6.07) is 7.27. The Morgan fingerprint density at radius 1 is 1.24 bits per heavy atom. The maximum Gasteiger partial charge on any atom is 0.274 e. The smallest absolute Gasteiger partial charge is 0.274 e. The van der Waals surface area contributed by atoms with Gasteiger partial charge in [-0.3, -0.25) is 10.1 Å². The Hall–Kier alpha value is -1.47. The van der Waals surface area contributed by atoms with Crippen LogP contribution in [0.15, 0.2) is 39.3 Å². The fraction of sp³-hybridized carbons (Fsp3) is 0.143. The maximum absolute atomic E-state index is 13.3. The van der Waals surface area contributed by atoms with Crippen LogP contribution in [0.4, 0.5) is 15.8 Å². The van der Waals surface area contributed by atoms with Crippen molar-refractivity contribution in [3.8, 4) is 0 Å². The van der Waals surface area contributed by atoms with Crippen LogP contribution in [-0.4, -0.2) is 4.92 Å². The van der Waals surface area contributed by atoms with Crippen LogP contribution in [0, 0.1) is 22.9 Å². The van der Waals surface area contributed by atoms with Gasteiger partial charge in [0.15, 0.2) is 0 Å². The lowest BCUT2D eigenvalue weighted by atomic mass is 10.1. The number of nitro groups is 1. The predicted molar refractivity (Wildman–Crippen MR) is 87.0 cm³/mol. The SMILES string of the molecule is Cc1cc(Br)c(NCc2cc(F)ccc2[N+](=O)[O-])c(Br)c1. The van der Waals surface area contributed by atoms with Gasteiger partial charge in [-0.25, -0.2) is 4.39 Å². The third-order valence-corrected chi connectivity index (χ3v) is 4.13. The minimum Gasteiger partial charge on any atom is -0.379 e. The van der Waals surface area contributed by atoms with Crippen molar-refractivity contribution >= 4 is 43.2 Å². The van der Waals surface area contributed by atoms with E-state index in [4.69, 9.17) is 0 Å². The second kappa shape index (κ2) is 6.53. The Bertz CT molecular complexity index is 684. The highest BCUT2D eigenvalue weighted by Gasteiger charge is 2.15. The van der Waals surface area contributed by atoms with Crippen LogP contribution in [0.3, 0.4) is 0 Å². The first-order valence-electron chi connectivity index (χ1n) is 6.01. The van der Waals surface area contributed by atoms with E-state index < -0.39 is 10.7 Å². The van der Waals surface area contributed by atoms with E-state index in [2.05, 4.69) is 37.2 Å². The van der Waals surface area contributed by atoms with Gasteiger partial charge < -0.3 is 5.32 Å². The molecule has 2 rings (SSSR count). The van der Waals surface area contributed by atoms with Gasteiger partial charge in [-0.15, -0.1) is 0 Å². The van der Waals surface area contributed by atoms with E-state index in [-0.39, 0.29) is 12.2 Å². The third kappa shape index (κ3) is 3.79. The molecule has 1 N–H and O–H groups in total. The number of anilines is 1. The summed E-state index contributed by atoms with van der Waals surface area (Å²) < 4.78 is 14.9. The number of aryl methyl sites for hydroxylation is 1. The molecule has 0 radical (unpaired) electrons. The predicted octanol–water partition coefficient (Wildman–Crippen LogP) is 5.18. The van der Waals surface area contributed by atoms with Crippen molar-refractivity contribution < 1.29 is 9.31 Å². The molecule has 0 saturated heterocycles. The molecule has 0 aliphatic carbocycles. The molecule has 0 atom stereocenters. The van der Waals surface area contributed by atoms with Crippen molar-refractivity contribution in [2.75, 3.05) is 5.32 Å². The molecule has 0 unspecified atom stereocenters. The minimum atomic E-state index is -0.518. The highest BCUT2D eigenvalue weighted by Crippen LogP contribution is 2.33. The highest BCUT2D eigenvalue weighted by molar-refractivity contribution is 9.11. The van der Waals surface area contributed by atoms with E-state index in [1.54, 1.807) is 0 Å². The summed E-state index contributed by atoms with van der Waals surface area (Å²) in [5.41, 5.74) is 2.01. The molecule has 0 spiro atoms. The molecule has 110 valence electrons. The number of nitrogens with one attached hydrogen (secondary N) is 1. The Morgan fingerprint density at radius 3 is 2.43 bits per heavy atom. The molecule has 4 nitrogen and oxygen atoms in total. The quantitative estimate of drug-likeness (QED) is 0.550. The fourth-order valence-electron chi connectivity index (χ4n) is 1.93. The zero-order valence-electron chi connectivity index (χ0n) is 11.0. The molecule has 0 bridgehead atoms. The van der Waals surface area contributed by atoms with E-state index in [1.165, 1.54) is 12.1 Å². The number of nitrogens with zero attached hydrogens (tertiary/aromatic N) is 1. The van der Waals surface area contributed by atoms with Gasteiger partial charge in [-0.05, 0) is 68.6 Å². The van der Waals surface area contributed by atoms with Gasteiger partial charge in [0.1, 0.15) is 5.82 Å². The standard InChI is InChI=1S/C14H11Br2FN2O2/c1-8-4-11(15)14(12(16)5-8)18-7-9-6-10(17)2-3-13(9)19(20)21/h2-6,18H,7H2,1H3. The molecule has 21 heavy (non-hydrogen) atoms. The van der Waals surface area contributed by atoms with Gasteiger partial charge in [0.05, 0.1) is 16.2 Å². The summed E-state index contributed by atoms with van der Waals surface area (Å²) in [6.45, 7) is 2.10. The van der Waals surface area contributed by atoms with Crippen molar-refractivity contribution in [2.24, 2.45) is 0 Å². The van der Waals surface area contributed by atoms with Crippen LogP contribution in [0.2, 0.25) is 0 Å². The largest absolute Gasteiger partial charge is 0.379 e. The van der Waals surface area contributed by atoms with Crippen LogP contribution in [0.25, 0.3) is 0 Å². The van der Waals surface area contributed by atoms with E-state index in [9.17, 15) is 14.5 Å². The van der Waals surface area contributed by atoms with Gasteiger partial charge in [0.2, 0.25) is 0 Å². The van der Waals surface area contributed by atoms with Gasteiger partial charge in [0.25, 0.3) is 5.69 Å².